The number of fused-ring (bicyclic) bond motifs is 2. The number of nitrogens with one attached hydrogen (secondary N) is 1. The Morgan fingerprint density at radius 3 is 2.68 bits per heavy atom. The van der Waals surface area contributed by atoms with E-state index in [4.69, 9.17) is 4.42 Å². The molecule has 4 N–H and O–H groups in total. The van der Waals surface area contributed by atoms with Crippen LogP contribution in [0.25, 0.3) is 10.9 Å². The number of hydrogen-bond donors (Lipinski definition) is 4. The molecule has 1 aliphatic heterocycles. The van der Waals surface area contributed by atoms with Crippen LogP contribution in [0.15, 0.2) is 90.7 Å². The second-order valence-electron chi connectivity index (χ2n) is 6.74. The molecule has 1 aliphatic rings. The normalized spacial score (nSPS) is 16.0. The number of hydrogen-bond acceptors (Lipinski definition) is 8. The predicted molar refractivity (Wildman–Crippen MR) is 119 cm³/mol. The van der Waals surface area contributed by atoms with Crippen molar-refractivity contribution in [3.63, 3.8) is 0 Å². The monoisotopic (exact) mass is 436 g/mol. The third-order valence-corrected chi connectivity index (χ3v) is 6.17. The van der Waals surface area contributed by atoms with E-state index in [1.807, 2.05) is 0 Å². The highest BCUT2D eigenvalue weighted by Crippen LogP contribution is 2.55. The minimum absolute atomic E-state index is 0.154. The van der Waals surface area contributed by atoms with Gasteiger partial charge in [-0.15, -0.1) is 4.40 Å². The number of rotatable bonds is 3. The van der Waals surface area contributed by atoms with Gasteiger partial charge in [0.1, 0.15) is 16.2 Å². The van der Waals surface area contributed by atoms with E-state index in [9.17, 15) is 19.0 Å². The highest BCUT2D eigenvalue weighted by molar-refractivity contribution is 8.23. The number of benzene rings is 2. The van der Waals surface area contributed by atoms with E-state index >= 15 is 0 Å². The summed E-state index contributed by atoms with van der Waals surface area (Å²) >= 11 is 0. The van der Waals surface area contributed by atoms with E-state index in [1.54, 1.807) is 48.5 Å². The van der Waals surface area contributed by atoms with Crippen LogP contribution in [0.4, 0.5) is 5.69 Å². The molecule has 156 valence electrons. The zero-order chi connectivity index (χ0) is 21.6. The number of furan rings is 1. The highest BCUT2D eigenvalue weighted by atomic mass is 32.3. The molecular weight excluding hydrogens is 420 g/mol. The van der Waals surface area contributed by atoms with Gasteiger partial charge in [-0.2, -0.15) is 9.78 Å². The molecule has 5 rings (SSSR count). The van der Waals surface area contributed by atoms with Crippen LogP contribution in [0.5, 0.6) is 5.75 Å². The van der Waals surface area contributed by atoms with Gasteiger partial charge in [0.25, 0.3) is 5.56 Å². The summed E-state index contributed by atoms with van der Waals surface area (Å²) in [6, 6.07) is 14.9. The molecule has 10 heteroatoms. The molecule has 0 radical (unpaired) electrons. The summed E-state index contributed by atoms with van der Waals surface area (Å²) in [7, 11) is -3.57. The molecular formula is C21H16N4O5S. The van der Waals surface area contributed by atoms with E-state index < -0.39 is 16.3 Å². The Morgan fingerprint density at radius 2 is 1.87 bits per heavy atom. The summed E-state index contributed by atoms with van der Waals surface area (Å²) in [5.41, 5.74) is 0.487. The lowest BCUT2D eigenvalue weighted by Crippen LogP contribution is -2.31. The van der Waals surface area contributed by atoms with Crippen molar-refractivity contribution in [3.05, 3.63) is 88.6 Å². The largest absolute Gasteiger partial charge is 0.506 e. The second-order valence-corrected chi connectivity index (χ2v) is 8.40. The van der Waals surface area contributed by atoms with Gasteiger partial charge in [0, 0.05) is 10.9 Å². The summed E-state index contributed by atoms with van der Waals surface area (Å²) in [5.74, 6) is -0.490. The maximum atomic E-state index is 13.4. The lowest BCUT2D eigenvalue weighted by Gasteiger charge is -2.34. The van der Waals surface area contributed by atoms with Gasteiger partial charge in [-0.3, -0.25) is 13.9 Å². The van der Waals surface area contributed by atoms with E-state index in [1.165, 1.54) is 24.8 Å². The molecule has 0 saturated carbocycles. The molecule has 4 aromatic rings. The molecule has 0 spiro atoms. The van der Waals surface area contributed by atoms with Crippen LogP contribution in [0.3, 0.4) is 0 Å². The Balaban J connectivity index is 1.75. The van der Waals surface area contributed by atoms with Gasteiger partial charge in [0.2, 0.25) is 0 Å². The first-order valence-electron chi connectivity index (χ1n) is 9.13. The van der Waals surface area contributed by atoms with Crippen LogP contribution >= 0.6 is 10.8 Å². The molecule has 3 heterocycles. The Bertz CT molecular complexity index is 1420. The Morgan fingerprint density at radius 1 is 1.10 bits per heavy atom. The van der Waals surface area contributed by atoms with Crippen molar-refractivity contribution in [2.75, 3.05) is 5.32 Å². The summed E-state index contributed by atoms with van der Waals surface area (Å²) < 4.78 is 31.2. The average molecular weight is 436 g/mol. The van der Waals surface area contributed by atoms with Crippen molar-refractivity contribution in [2.24, 2.45) is 9.50 Å². The van der Waals surface area contributed by atoms with Crippen LogP contribution in [0.2, 0.25) is 0 Å². The molecule has 0 bridgehead atoms. The minimum atomic E-state index is -3.57. The number of anilines is 1. The van der Waals surface area contributed by atoms with Crippen LogP contribution in [-0.4, -0.2) is 30.9 Å². The predicted octanol–water partition coefficient (Wildman–Crippen LogP) is 4.08. The molecule has 0 atom stereocenters. The number of pyridine rings is 1. The highest BCUT2D eigenvalue weighted by Gasteiger charge is 2.30. The van der Waals surface area contributed by atoms with Crippen LogP contribution in [0.1, 0.15) is 11.1 Å². The van der Waals surface area contributed by atoms with Crippen LogP contribution < -0.4 is 10.9 Å². The number of para-hydroxylation sites is 2. The zero-order valence-corrected chi connectivity index (χ0v) is 16.7. The van der Waals surface area contributed by atoms with E-state index in [0.29, 0.717) is 22.2 Å². The standard InChI is InChI=1S/C21H16N4O5S/c26-19-14-5-1-3-7-16(14)25(22-11-13-9-10-30-12-13)21(27)18(19)20-23-15-6-2-4-8-17(15)31(28,29)24-20/h1-12,26,28-29H,(H,23,24). The van der Waals surface area contributed by atoms with Crippen molar-refractivity contribution < 1.29 is 18.6 Å². The van der Waals surface area contributed by atoms with Gasteiger partial charge in [-0.05, 0) is 30.3 Å². The van der Waals surface area contributed by atoms with Crippen molar-refractivity contribution in [3.8, 4) is 5.75 Å². The minimum Gasteiger partial charge on any atom is -0.506 e. The summed E-state index contributed by atoms with van der Waals surface area (Å²) in [6.45, 7) is 0. The first-order chi connectivity index (χ1) is 15.0. The SMILES string of the molecule is O=c1c(C2=NS(O)(O)c3ccccc3N2)c(O)c2ccccc2n1N=Cc1ccoc1. The topological polar surface area (TPSA) is 133 Å². The molecule has 0 saturated heterocycles. The van der Waals surface area contributed by atoms with Crippen LogP contribution in [-0.2, 0) is 0 Å². The quantitative estimate of drug-likeness (QED) is 0.358. The number of amidine groups is 1. The van der Waals surface area contributed by atoms with Gasteiger partial charge < -0.3 is 14.8 Å². The van der Waals surface area contributed by atoms with Crippen LogP contribution in [0, 0.1) is 0 Å². The molecule has 0 unspecified atom stereocenters. The van der Waals surface area contributed by atoms with Gasteiger partial charge >= 0.3 is 0 Å². The van der Waals surface area contributed by atoms with E-state index in [-0.39, 0.29) is 22.0 Å². The summed E-state index contributed by atoms with van der Waals surface area (Å²) in [5, 5.41) is 18.5. The number of aromatic nitrogens is 1. The van der Waals surface area contributed by atoms with Gasteiger partial charge in [0.05, 0.1) is 29.9 Å². The summed E-state index contributed by atoms with van der Waals surface area (Å²) in [6.07, 6.45) is 4.39. The van der Waals surface area contributed by atoms with Gasteiger partial charge in [0.15, 0.2) is 5.84 Å². The first kappa shape index (κ1) is 19.1. The zero-order valence-electron chi connectivity index (χ0n) is 15.8. The van der Waals surface area contributed by atoms with Crippen molar-refractivity contribution in [2.45, 2.75) is 4.90 Å². The number of aromatic hydroxyl groups is 1. The third-order valence-electron chi connectivity index (χ3n) is 4.79. The lowest BCUT2D eigenvalue weighted by molar-refractivity contribution is 0.478. The molecule has 31 heavy (non-hydrogen) atoms. The van der Waals surface area contributed by atoms with Gasteiger partial charge in [-0.1, -0.05) is 35.0 Å². The first-order valence-corrected chi connectivity index (χ1v) is 10.6. The maximum Gasteiger partial charge on any atom is 0.286 e. The van der Waals surface area contributed by atoms with E-state index in [2.05, 4.69) is 14.8 Å². The maximum absolute atomic E-state index is 13.4. The lowest BCUT2D eigenvalue weighted by atomic mass is 10.1. The Labute approximate surface area is 177 Å². The summed E-state index contributed by atoms with van der Waals surface area (Å²) in [4.78, 5) is 13.6. The van der Waals surface area contributed by atoms with Crippen molar-refractivity contribution >= 4 is 39.4 Å². The average Bonchev–Trinajstić information content (AvgIpc) is 3.27. The number of nitrogens with zero attached hydrogens (tertiary/aromatic N) is 3. The van der Waals surface area contributed by atoms with Crippen molar-refractivity contribution in [1.82, 2.24) is 4.68 Å². The van der Waals surface area contributed by atoms with E-state index in [0.717, 1.165) is 4.68 Å². The fraction of sp³-hybridized carbons (Fsp3) is 0. The van der Waals surface area contributed by atoms with Crippen molar-refractivity contribution in [1.29, 1.82) is 0 Å². The fourth-order valence-electron chi connectivity index (χ4n) is 3.35. The van der Waals surface area contributed by atoms with Gasteiger partial charge in [-0.25, -0.2) is 0 Å². The second kappa shape index (κ2) is 7.13. The Hall–Kier alpha value is -3.86. The molecule has 0 aliphatic carbocycles. The fourth-order valence-corrected chi connectivity index (χ4v) is 4.52. The molecule has 0 fully saturated rings. The Kier molecular flexibility index (Phi) is 4.40. The third kappa shape index (κ3) is 3.19. The molecule has 0 amide bonds. The molecule has 2 aromatic carbocycles. The molecule has 2 aromatic heterocycles. The molecule has 9 nitrogen and oxygen atoms in total. The smallest absolute Gasteiger partial charge is 0.286 e.